The molecule has 2 heterocycles. The number of aliphatic carboxylic acids is 1. The third kappa shape index (κ3) is 2.78. The van der Waals surface area contributed by atoms with E-state index in [0.717, 1.165) is 6.42 Å². The van der Waals surface area contributed by atoms with Gasteiger partial charge in [-0.05, 0) is 18.6 Å². The largest absolute Gasteiger partial charge is 0.481 e. The van der Waals surface area contributed by atoms with Crippen molar-refractivity contribution < 1.29 is 23.8 Å². The van der Waals surface area contributed by atoms with Crippen LogP contribution in [0.3, 0.4) is 0 Å². The van der Waals surface area contributed by atoms with Gasteiger partial charge in [0.1, 0.15) is 5.92 Å². The summed E-state index contributed by atoms with van der Waals surface area (Å²) in [6.45, 7) is 2.82. The Bertz CT molecular complexity index is 442. The Morgan fingerprint density at radius 1 is 1.47 bits per heavy atom. The minimum atomic E-state index is -0.934. The first kappa shape index (κ1) is 13.6. The number of carboxylic acids is 1. The minimum Gasteiger partial charge on any atom is -0.481 e. The lowest BCUT2D eigenvalue weighted by molar-refractivity contribution is -0.142. The van der Waals surface area contributed by atoms with Crippen LogP contribution in [0.2, 0.25) is 0 Å². The predicted molar refractivity (Wildman–Crippen MR) is 65.8 cm³/mol. The SMILES string of the molecule is CCCN(C(=O)c1ccco1)C1COCC1C(=O)O. The summed E-state index contributed by atoms with van der Waals surface area (Å²) in [6, 6.07) is 2.78. The van der Waals surface area contributed by atoms with E-state index < -0.39 is 17.9 Å². The molecule has 6 heteroatoms. The van der Waals surface area contributed by atoms with Gasteiger partial charge in [-0.25, -0.2) is 0 Å². The monoisotopic (exact) mass is 267 g/mol. The van der Waals surface area contributed by atoms with Crippen LogP contribution in [-0.4, -0.2) is 47.7 Å². The number of nitrogens with zero attached hydrogens (tertiary/aromatic N) is 1. The Morgan fingerprint density at radius 2 is 2.26 bits per heavy atom. The maximum atomic E-state index is 12.3. The molecule has 0 aromatic carbocycles. The molecule has 1 aliphatic heterocycles. The van der Waals surface area contributed by atoms with Crippen LogP contribution in [0, 0.1) is 5.92 Å². The highest BCUT2D eigenvalue weighted by Crippen LogP contribution is 2.22. The number of ether oxygens (including phenoxy) is 1. The van der Waals surface area contributed by atoms with Crippen molar-refractivity contribution >= 4 is 11.9 Å². The predicted octanol–water partition coefficient (Wildman–Crippen LogP) is 1.23. The van der Waals surface area contributed by atoms with E-state index in [0.29, 0.717) is 6.54 Å². The van der Waals surface area contributed by atoms with Crippen molar-refractivity contribution in [3.8, 4) is 0 Å². The maximum absolute atomic E-state index is 12.3. The fraction of sp³-hybridized carbons (Fsp3) is 0.538. The van der Waals surface area contributed by atoms with E-state index in [1.54, 1.807) is 17.0 Å². The first-order valence-electron chi connectivity index (χ1n) is 6.30. The molecule has 6 nitrogen and oxygen atoms in total. The van der Waals surface area contributed by atoms with Crippen LogP contribution in [0.5, 0.6) is 0 Å². The van der Waals surface area contributed by atoms with Gasteiger partial charge in [0.05, 0.1) is 25.5 Å². The standard InChI is InChI=1S/C13H17NO5/c1-2-5-14(12(15)11-4-3-6-19-11)10-8-18-7-9(10)13(16)17/h3-4,6,9-10H,2,5,7-8H2,1H3,(H,16,17). The first-order valence-corrected chi connectivity index (χ1v) is 6.30. The Kier molecular flexibility index (Phi) is 4.21. The molecule has 0 radical (unpaired) electrons. The number of carboxylic acid groups (broad SMARTS) is 1. The Labute approximate surface area is 110 Å². The van der Waals surface area contributed by atoms with E-state index in [9.17, 15) is 14.7 Å². The summed E-state index contributed by atoms with van der Waals surface area (Å²) in [5.41, 5.74) is 0. The Morgan fingerprint density at radius 3 is 2.84 bits per heavy atom. The zero-order chi connectivity index (χ0) is 13.8. The zero-order valence-corrected chi connectivity index (χ0v) is 10.7. The summed E-state index contributed by atoms with van der Waals surface area (Å²) < 4.78 is 10.3. The van der Waals surface area contributed by atoms with E-state index in [4.69, 9.17) is 9.15 Å². The molecule has 2 rings (SSSR count). The second-order valence-electron chi connectivity index (χ2n) is 4.53. The molecule has 1 aliphatic rings. The van der Waals surface area contributed by atoms with Crippen molar-refractivity contribution in [2.45, 2.75) is 19.4 Å². The molecular formula is C13H17NO5. The normalized spacial score (nSPS) is 22.4. The van der Waals surface area contributed by atoms with Gasteiger partial charge in [0.2, 0.25) is 0 Å². The molecule has 0 bridgehead atoms. The third-order valence-electron chi connectivity index (χ3n) is 3.23. The van der Waals surface area contributed by atoms with Gasteiger partial charge in [0.15, 0.2) is 5.76 Å². The molecule has 1 fully saturated rings. The fourth-order valence-electron chi connectivity index (χ4n) is 2.29. The number of carbonyl (C=O) groups excluding carboxylic acids is 1. The zero-order valence-electron chi connectivity index (χ0n) is 10.7. The summed E-state index contributed by atoms with van der Waals surface area (Å²) in [4.78, 5) is 25.1. The van der Waals surface area contributed by atoms with E-state index in [1.807, 2.05) is 6.92 Å². The molecule has 1 aromatic heterocycles. The number of hydrogen-bond acceptors (Lipinski definition) is 4. The lowest BCUT2D eigenvalue weighted by Gasteiger charge is -2.29. The minimum absolute atomic E-state index is 0.144. The third-order valence-corrected chi connectivity index (χ3v) is 3.23. The molecule has 104 valence electrons. The molecule has 1 aromatic rings. The van der Waals surface area contributed by atoms with E-state index in [-0.39, 0.29) is 24.9 Å². The van der Waals surface area contributed by atoms with Crippen molar-refractivity contribution in [2.24, 2.45) is 5.92 Å². The highest BCUT2D eigenvalue weighted by atomic mass is 16.5. The van der Waals surface area contributed by atoms with Gasteiger partial charge >= 0.3 is 5.97 Å². The van der Waals surface area contributed by atoms with E-state index >= 15 is 0 Å². The fourth-order valence-corrected chi connectivity index (χ4v) is 2.29. The van der Waals surface area contributed by atoms with Crippen molar-refractivity contribution in [3.63, 3.8) is 0 Å². The van der Waals surface area contributed by atoms with Crippen molar-refractivity contribution in [1.82, 2.24) is 4.90 Å². The molecule has 0 saturated carbocycles. The van der Waals surface area contributed by atoms with Crippen LogP contribution in [0.4, 0.5) is 0 Å². The highest BCUT2D eigenvalue weighted by molar-refractivity contribution is 5.92. The average Bonchev–Trinajstić information content (AvgIpc) is 3.05. The quantitative estimate of drug-likeness (QED) is 0.868. The molecule has 1 amide bonds. The lowest BCUT2D eigenvalue weighted by Crippen LogP contribution is -2.46. The lowest BCUT2D eigenvalue weighted by atomic mass is 10.0. The first-order chi connectivity index (χ1) is 9.15. The number of furan rings is 1. The summed E-state index contributed by atoms with van der Waals surface area (Å²) >= 11 is 0. The molecule has 1 saturated heterocycles. The summed E-state index contributed by atoms with van der Waals surface area (Å²) in [5.74, 6) is -1.67. The van der Waals surface area contributed by atoms with Gasteiger partial charge in [0.25, 0.3) is 5.91 Å². The summed E-state index contributed by atoms with van der Waals surface area (Å²) in [5, 5.41) is 9.17. The molecule has 1 N–H and O–H groups in total. The van der Waals surface area contributed by atoms with Gasteiger partial charge in [-0.1, -0.05) is 6.92 Å². The summed E-state index contributed by atoms with van der Waals surface area (Å²) in [7, 11) is 0. The molecule has 2 atom stereocenters. The summed E-state index contributed by atoms with van der Waals surface area (Å²) in [6.07, 6.45) is 2.17. The van der Waals surface area contributed by atoms with Crippen LogP contribution >= 0.6 is 0 Å². The van der Waals surface area contributed by atoms with Crippen LogP contribution in [0.1, 0.15) is 23.9 Å². The molecule has 0 aliphatic carbocycles. The number of hydrogen-bond donors (Lipinski definition) is 1. The second-order valence-corrected chi connectivity index (χ2v) is 4.53. The number of carbonyl (C=O) groups is 2. The van der Waals surface area contributed by atoms with Gasteiger partial charge in [-0.3, -0.25) is 9.59 Å². The average molecular weight is 267 g/mol. The van der Waals surface area contributed by atoms with E-state index in [2.05, 4.69) is 0 Å². The number of rotatable bonds is 5. The Hall–Kier alpha value is -1.82. The van der Waals surface area contributed by atoms with Crippen LogP contribution < -0.4 is 0 Å². The van der Waals surface area contributed by atoms with Crippen LogP contribution in [-0.2, 0) is 9.53 Å². The van der Waals surface area contributed by atoms with Gasteiger partial charge < -0.3 is 19.2 Å². The molecule has 0 spiro atoms. The smallest absolute Gasteiger partial charge is 0.311 e. The number of amides is 1. The van der Waals surface area contributed by atoms with Crippen LogP contribution in [0.25, 0.3) is 0 Å². The van der Waals surface area contributed by atoms with Crippen LogP contribution in [0.15, 0.2) is 22.8 Å². The topological polar surface area (TPSA) is 80.0 Å². The maximum Gasteiger partial charge on any atom is 0.311 e. The van der Waals surface area contributed by atoms with Crippen molar-refractivity contribution in [3.05, 3.63) is 24.2 Å². The molecule has 19 heavy (non-hydrogen) atoms. The Balaban J connectivity index is 2.20. The van der Waals surface area contributed by atoms with Crippen molar-refractivity contribution in [1.29, 1.82) is 0 Å². The van der Waals surface area contributed by atoms with E-state index in [1.165, 1.54) is 6.26 Å². The van der Waals surface area contributed by atoms with Gasteiger partial charge in [-0.15, -0.1) is 0 Å². The highest BCUT2D eigenvalue weighted by Gasteiger charge is 2.40. The van der Waals surface area contributed by atoms with Gasteiger partial charge in [0, 0.05) is 6.54 Å². The molecular weight excluding hydrogens is 250 g/mol. The molecule has 2 unspecified atom stereocenters. The second kappa shape index (κ2) is 5.88. The van der Waals surface area contributed by atoms with Crippen molar-refractivity contribution in [2.75, 3.05) is 19.8 Å². The van der Waals surface area contributed by atoms with Gasteiger partial charge in [-0.2, -0.15) is 0 Å².